The van der Waals surface area contributed by atoms with Gasteiger partial charge in [0.1, 0.15) is 0 Å². The summed E-state index contributed by atoms with van der Waals surface area (Å²) in [6.07, 6.45) is 0. The van der Waals surface area contributed by atoms with Gasteiger partial charge in [0.05, 0.1) is 22.1 Å². The van der Waals surface area contributed by atoms with Gasteiger partial charge in [-0.1, -0.05) is 103 Å². The van der Waals surface area contributed by atoms with Crippen LogP contribution in [0.2, 0.25) is 0 Å². The third-order valence-electron chi connectivity index (χ3n) is 11.4. The molecule has 0 saturated carbocycles. The lowest BCUT2D eigenvalue weighted by molar-refractivity contribution is 0.253. The van der Waals surface area contributed by atoms with Gasteiger partial charge in [0.15, 0.2) is 17.5 Å². The molecular formula is C46H36N6. The van der Waals surface area contributed by atoms with Gasteiger partial charge < -0.3 is 9.47 Å². The van der Waals surface area contributed by atoms with Gasteiger partial charge in [-0.15, -0.1) is 0 Å². The van der Waals surface area contributed by atoms with Crippen LogP contribution < -0.4 is 4.90 Å². The van der Waals surface area contributed by atoms with Crippen molar-refractivity contribution in [2.24, 2.45) is 0 Å². The number of rotatable bonds is 4. The summed E-state index contributed by atoms with van der Waals surface area (Å²) in [5.41, 5.74) is 5.59. The molecule has 3 heterocycles. The van der Waals surface area contributed by atoms with Crippen LogP contribution in [0.3, 0.4) is 0 Å². The molecule has 0 atom stereocenters. The van der Waals surface area contributed by atoms with E-state index >= 15 is 0 Å². The molecule has 0 saturated heterocycles. The van der Waals surface area contributed by atoms with E-state index in [1.807, 2.05) is 18.2 Å². The monoisotopic (exact) mass is 672 g/mol. The SMILES string of the molecule is CC1(C)N(c2ccc(-c3nc(-c4ccccc4)nc(-c4ccc5c6ccccc6c6ccccc6c5c4)n3)cc2)c2nc3ccccc3n2C1(C)C. The molecule has 0 bridgehead atoms. The number of aromatic nitrogens is 5. The molecule has 0 spiro atoms. The Bertz CT molecular complexity index is 2820. The molecular weight excluding hydrogens is 637 g/mol. The van der Waals surface area contributed by atoms with E-state index in [-0.39, 0.29) is 11.1 Å². The lowest BCUT2D eigenvalue weighted by Crippen LogP contribution is -2.50. The smallest absolute Gasteiger partial charge is 0.212 e. The predicted molar refractivity (Wildman–Crippen MR) is 214 cm³/mol. The van der Waals surface area contributed by atoms with Crippen molar-refractivity contribution in [3.8, 4) is 34.2 Å². The molecule has 0 N–H and O–H groups in total. The maximum Gasteiger partial charge on any atom is 0.212 e. The highest BCUT2D eigenvalue weighted by Gasteiger charge is 2.53. The third-order valence-corrected chi connectivity index (χ3v) is 11.4. The van der Waals surface area contributed by atoms with Crippen molar-refractivity contribution in [2.75, 3.05) is 4.90 Å². The van der Waals surface area contributed by atoms with Gasteiger partial charge in [-0.2, -0.15) is 0 Å². The van der Waals surface area contributed by atoms with E-state index in [4.69, 9.17) is 19.9 Å². The van der Waals surface area contributed by atoms with Crippen LogP contribution in [0.25, 0.3) is 77.5 Å². The Morgan fingerprint density at radius 3 is 1.52 bits per heavy atom. The molecule has 1 aliphatic rings. The molecule has 0 aliphatic carbocycles. The fraction of sp³-hybridized carbons (Fsp3) is 0.130. The number of anilines is 2. The van der Waals surface area contributed by atoms with Gasteiger partial charge in [-0.05, 0) is 102 Å². The summed E-state index contributed by atoms with van der Waals surface area (Å²) < 4.78 is 2.39. The van der Waals surface area contributed by atoms with Crippen molar-refractivity contribution in [1.29, 1.82) is 0 Å². The number of nitrogens with zero attached hydrogens (tertiary/aromatic N) is 6. The summed E-state index contributed by atoms with van der Waals surface area (Å²) in [6.45, 7) is 9.19. The first-order valence-electron chi connectivity index (χ1n) is 17.8. The Balaban J connectivity index is 1.11. The van der Waals surface area contributed by atoms with Crippen LogP contribution in [0.4, 0.5) is 11.6 Å². The van der Waals surface area contributed by atoms with Gasteiger partial charge in [-0.25, -0.2) is 19.9 Å². The molecule has 7 aromatic carbocycles. The van der Waals surface area contributed by atoms with Crippen molar-refractivity contribution >= 4 is 55.0 Å². The van der Waals surface area contributed by atoms with E-state index < -0.39 is 0 Å². The van der Waals surface area contributed by atoms with E-state index in [0.29, 0.717) is 17.5 Å². The van der Waals surface area contributed by atoms with Crippen molar-refractivity contribution in [3.05, 3.63) is 146 Å². The highest BCUT2D eigenvalue weighted by Crippen LogP contribution is 2.51. The van der Waals surface area contributed by atoms with Crippen LogP contribution >= 0.6 is 0 Å². The average molecular weight is 673 g/mol. The highest BCUT2D eigenvalue weighted by atomic mass is 15.4. The Labute approximate surface area is 302 Å². The van der Waals surface area contributed by atoms with Crippen LogP contribution in [0.1, 0.15) is 27.7 Å². The van der Waals surface area contributed by atoms with Crippen molar-refractivity contribution < 1.29 is 0 Å². The first-order valence-corrected chi connectivity index (χ1v) is 17.8. The largest absolute Gasteiger partial charge is 0.304 e. The van der Waals surface area contributed by atoms with Crippen molar-refractivity contribution in [3.63, 3.8) is 0 Å². The Kier molecular flexibility index (Phi) is 6.46. The molecule has 250 valence electrons. The molecule has 0 radical (unpaired) electrons. The maximum atomic E-state index is 5.14. The van der Waals surface area contributed by atoms with Gasteiger partial charge in [0.25, 0.3) is 0 Å². The van der Waals surface area contributed by atoms with Gasteiger partial charge in [0.2, 0.25) is 5.95 Å². The molecule has 0 fully saturated rings. The Morgan fingerprint density at radius 2 is 0.885 bits per heavy atom. The number of fused-ring (bicyclic) bond motifs is 9. The Hall–Kier alpha value is -6.40. The normalized spacial score (nSPS) is 14.8. The number of imidazole rings is 1. The second-order valence-electron chi connectivity index (χ2n) is 14.8. The summed E-state index contributed by atoms with van der Waals surface area (Å²) in [7, 11) is 0. The number of hydrogen-bond donors (Lipinski definition) is 0. The molecule has 6 nitrogen and oxygen atoms in total. The maximum absolute atomic E-state index is 5.14. The quantitative estimate of drug-likeness (QED) is 0.174. The molecule has 0 unspecified atom stereocenters. The van der Waals surface area contributed by atoms with Gasteiger partial charge in [-0.3, -0.25) is 0 Å². The number of para-hydroxylation sites is 2. The van der Waals surface area contributed by atoms with Crippen molar-refractivity contribution in [1.82, 2.24) is 24.5 Å². The second kappa shape index (κ2) is 11.0. The summed E-state index contributed by atoms with van der Waals surface area (Å²) in [4.78, 5) is 22.7. The molecule has 52 heavy (non-hydrogen) atoms. The van der Waals surface area contributed by atoms with E-state index in [1.165, 1.54) is 32.3 Å². The van der Waals surface area contributed by atoms with Crippen LogP contribution in [-0.4, -0.2) is 30.0 Å². The molecule has 9 aromatic rings. The minimum Gasteiger partial charge on any atom is -0.304 e. The first-order chi connectivity index (χ1) is 25.3. The summed E-state index contributed by atoms with van der Waals surface area (Å²) in [5, 5.41) is 7.35. The molecule has 10 rings (SSSR count). The van der Waals surface area contributed by atoms with E-state index in [2.05, 4.69) is 165 Å². The zero-order valence-electron chi connectivity index (χ0n) is 29.5. The van der Waals surface area contributed by atoms with E-state index in [1.54, 1.807) is 0 Å². The molecule has 6 heteroatoms. The molecule has 2 aromatic heterocycles. The van der Waals surface area contributed by atoms with Gasteiger partial charge in [0, 0.05) is 22.4 Å². The lowest BCUT2D eigenvalue weighted by atomic mass is 9.82. The van der Waals surface area contributed by atoms with Gasteiger partial charge >= 0.3 is 0 Å². The van der Waals surface area contributed by atoms with Crippen LogP contribution in [0.5, 0.6) is 0 Å². The average Bonchev–Trinajstić information content (AvgIpc) is 3.64. The minimum absolute atomic E-state index is 0.206. The summed E-state index contributed by atoms with van der Waals surface area (Å²) >= 11 is 0. The topological polar surface area (TPSA) is 59.7 Å². The second-order valence-corrected chi connectivity index (χ2v) is 14.8. The van der Waals surface area contributed by atoms with Crippen LogP contribution in [-0.2, 0) is 5.54 Å². The highest BCUT2D eigenvalue weighted by molar-refractivity contribution is 6.25. The van der Waals surface area contributed by atoms with Crippen molar-refractivity contribution in [2.45, 2.75) is 38.8 Å². The zero-order chi connectivity index (χ0) is 35.2. The third kappa shape index (κ3) is 4.37. The minimum atomic E-state index is -0.243. The zero-order valence-corrected chi connectivity index (χ0v) is 29.5. The first kappa shape index (κ1) is 30.4. The predicted octanol–water partition coefficient (Wildman–Crippen LogP) is 11.3. The molecule has 0 amide bonds. The van der Waals surface area contributed by atoms with E-state index in [9.17, 15) is 0 Å². The molecule has 1 aliphatic heterocycles. The van der Waals surface area contributed by atoms with E-state index in [0.717, 1.165) is 39.4 Å². The standard InChI is InChI=1S/C46H36N6/c1-45(2)46(3,4)52-40-21-13-12-20-39(40)47-44(52)51(45)32-25-22-30(23-26-32)42-48-41(29-14-6-5-7-15-29)49-43(50-42)31-24-27-37-35-18-9-8-16-33(35)34-17-10-11-19-36(34)38(37)28-31/h5-28H,1-4H3. The summed E-state index contributed by atoms with van der Waals surface area (Å²) in [6, 6.07) is 51.0. The fourth-order valence-electron chi connectivity index (χ4n) is 8.11. The fourth-order valence-corrected chi connectivity index (χ4v) is 8.11. The number of benzene rings is 7. The summed E-state index contributed by atoms with van der Waals surface area (Å²) in [5.74, 6) is 2.87. The van der Waals surface area contributed by atoms with Crippen LogP contribution in [0.15, 0.2) is 146 Å². The van der Waals surface area contributed by atoms with Crippen LogP contribution in [0, 0.1) is 0 Å². The number of hydrogen-bond acceptors (Lipinski definition) is 5. The Morgan fingerprint density at radius 1 is 0.404 bits per heavy atom. The lowest BCUT2D eigenvalue weighted by Gasteiger charge is -2.41.